The molecule has 0 aliphatic heterocycles. The molecule has 0 spiro atoms. The molecule has 6 heteroatoms. The van der Waals surface area contributed by atoms with Crippen molar-refractivity contribution in [1.82, 2.24) is 5.32 Å². The van der Waals surface area contributed by atoms with E-state index >= 15 is 0 Å². The lowest BCUT2D eigenvalue weighted by molar-refractivity contribution is -0.124. The summed E-state index contributed by atoms with van der Waals surface area (Å²) in [6.45, 7) is 3.65. The third-order valence-corrected chi connectivity index (χ3v) is 4.09. The molecule has 102 valence electrons. The van der Waals surface area contributed by atoms with Gasteiger partial charge in [-0.15, -0.1) is 11.6 Å². The molecule has 17 heavy (non-hydrogen) atoms. The Balaban J connectivity index is 3.95. The Morgan fingerprint density at radius 1 is 1.35 bits per heavy atom. The minimum atomic E-state index is -1.58. The van der Waals surface area contributed by atoms with E-state index in [2.05, 4.69) is 12.2 Å². The van der Waals surface area contributed by atoms with Crippen molar-refractivity contribution >= 4 is 40.7 Å². The van der Waals surface area contributed by atoms with E-state index < -0.39 is 15.9 Å². The van der Waals surface area contributed by atoms with Gasteiger partial charge >= 0.3 is 0 Å². The molecule has 0 rings (SSSR count). The predicted octanol–water partition coefficient (Wildman–Crippen LogP) is 3.19. The number of aliphatic hydroxyl groups excluding tert-OH is 1. The molecule has 0 saturated heterocycles. The molecule has 2 unspecified atom stereocenters. The van der Waals surface area contributed by atoms with Crippen molar-refractivity contribution in [2.45, 2.75) is 61.9 Å². The van der Waals surface area contributed by atoms with Crippen LogP contribution in [0.1, 0.15) is 46.0 Å². The van der Waals surface area contributed by atoms with E-state index in [1.165, 1.54) is 0 Å². The molecule has 0 aromatic heterocycles. The highest BCUT2D eigenvalue weighted by Gasteiger charge is 2.39. The summed E-state index contributed by atoms with van der Waals surface area (Å²) >= 11 is 17.4. The molecule has 0 aromatic carbocycles. The minimum absolute atomic E-state index is 0.267. The molecule has 0 aliphatic carbocycles. The summed E-state index contributed by atoms with van der Waals surface area (Å²) in [7, 11) is 0. The van der Waals surface area contributed by atoms with E-state index in [4.69, 9.17) is 34.8 Å². The second-order valence-electron chi connectivity index (χ2n) is 4.07. The summed E-state index contributed by atoms with van der Waals surface area (Å²) in [6, 6.07) is 0. The van der Waals surface area contributed by atoms with Gasteiger partial charge in [0.2, 0.25) is 5.91 Å². The van der Waals surface area contributed by atoms with Crippen LogP contribution < -0.4 is 5.32 Å². The Bertz CT molecular complexity index is 235. The van der Waals surface area contributed by atoms with Crippen molar-refractivity contribution in [2.75, 3.05) is 0 Å². The van der Waals surface area contributed by atoms with Crippen molar-refractivity contribution in [2.24, 2.45) is 0 Å². The van der Waals surface area contributed by atoms with Crippen molar-refractivity contribution in [3.63, 3.8) is 0 Å². The van der Waals surface area contributed by atoms with Crippen molar-refractivity contribution in [1.29, 1.82) is 0 Å². The molecule has 0 radical (unpaired) electrons. The molecule has 0 aromatic rings. The Kier molecular flexibility index (Phi) is 8.56. The maximum absolute atomic E-state index is 11.5. The molecular formula is C11H20Cl3NO2. The van der Waals surface area contributed by atoms with Crippen LogP contribution in [-0.2, 0) is 4.79 Å². The fourth-order valence-electron chi connectivity index (χ4n) is 1.25. The van der Waals surface area contributed by atoms with Crippen LogP contribution >= 0.6 is 34.8 Å². The second kappa shape index (κ2) is 8.41. The number of amides is 1. The zero-order chi connectivity index (χ0) is 13.5. The van der Waals surface area contributed by atoms with Crippen LogP contribution in [0.5, 0.6) is 0 Å². The molecule has 2 atom stereocenters. The van der Waals surface area contributed by atoms with Crippen LogP contribution in [0.4, 0.5) is 0 Å². The molecule has 2 N–H and O–H groups in total. The van der Waals surface area contributed by atoms with Crippen LogP contribution in [-0.4, -0.2) is 27.0 Å². The number of unbranched alkanes of at least 4 members (excludes halogenated alkanes) is 3. The van der Waals surface area contributed by atoms with Gasteiger partial charge in [-0.2, -0.15) is 0 Å². The van der Waals surface area contributed by atoms with Gasteiger partial charge in [0, 0.05) is 6.42 Å². The summed E-state index contributed by atoms with van der Waals surface area (Å²) in [5.74, 6) is -0.267. The molecule has 0 aliphatic rings. The number of halogens is 3. The fraction of sp³-hybridized carbons (Fsp3) is 0.909. The quantitative estimate of drug-likeness (QED) is 0.411. The van der Waals surface area contributed by atoms with Gasteiger partial charge < -0.3 is 10.4 Å². The number of aliphatic hydroxyl groups is 1. The summed E-state index contributed by atoms with van der Waals surface area (Å²) in [6.07, 6.45) is 3.00. The van der Waals surface area contributed by atoms with Crippen LogP contribution in [0.25, 0.3) is 0 Å². The molecule has 1 amide bonds. The Labute approximate surface area is 118 Å². The van der Waals surface area contributed by atoms with Gasteiger partial charge in [0.25, 0.3) is 0 Å². The van der Waals surface area contributed by atoms with Crippen LogP contribution in [0.2, 0.25) is 0 Å². The second-order valence-corrected chi connectivity index (χ2v) is 6.17. The number of nitrogens with one attached hydrogen (secondary N) is 1. The van der Waals surface area contributed by atoms with Gasteiger partial charge in [-0.3, -0.25) is 4.79 Å². The maximum atomic E-state index is 11.5. The third-order valence-electron chi connectivity index (χ3n) is 2.45. The summed E-state index contributed by atoms with van der Waals surface area (Å²) < 4.78 is -1.58. The van der Waals surface area contributed by atoms with Crippen molar-refractivity contribution in [3.05, 3.63) is 0 Å². The number of alkyl halides is 3. The van der Waals surface area contributed by atoms with E-state index in [1.54, 1.807) is 6.92 Å². The zero-order valence-corrected chi connectivity index (χ0v) is 12.4. The number of carbonyl (C=O) groups excluding carboxylic acids is 1. The molecule has 0 fully saturated rings. The summed E-state index contributed by atoms with van der Waals surface area (Å²) in [4.78, 5) is 11.5. The van der Waals surface area contributed by atoms with Crippen molar-refractivity contribution < 1.29 is 9.90 Å². The lowest BCUT2D eigenvalue weighted by Crippen LogP contribution is -2.50. The van der Waals surface area contributed by atoms with E-state index in [9.17, 15) is 9.90 Å². The summed E-state index contributed by atoms with van der Waals surface area (Å²) in [5, 5.41) is 11.3. The van der Waals surface area contributed by atoms with Crippen molar-refractivity contribution in [3.8, 4) is 0 Å². The first-order valence-electron chi connectivity index (χ1n) is 5.81. The predicted molar refractivity (Wildman–Crippen MR) is 72.7 cm³/mol. The third kappa shape index (κ3) is 6.70. The van der Waals surface area contributed by atoms with E-state index in [-0.39, 0.29) is 5.91 Å². The molecule has 0 bridgehead atoms. The Morgan fingerprint density at radius 2 is 1.94 bits per heavy atom. The number of hydrogen-bond acceptors (Lipinski definition) is 2. The van der Waals surface area contributed by atoms with Gasteiger partial charge in [-0.25, -0.2) is 0 Å². The number of rotatable bonds is 8. The molecule has 0 saturated carbocycles. The lowest BCUT2D eigenvalue weighted by atomic mass is 10.1. The number of carbonyl (C=O) groups is 1. The highest BCUT2D eigenvalue weighted by molar-refractivity contribution is 6.52. The van der Waals surface area contributed by atoms with Crippen LogP contribution in [0.3, 0.4) is 0 Å². The zero-order valence-electron chi connectivity index (χ0n) is 10.2. The topological polar surface area (TPSA) is 49.3 Å². The smallest absolute Gasteiger partial charge is 0.222 e. The molecular weight excluding hydrogens is 284 g/mol. The maximum Gasteiger partial charge on any atom is 0.222 e. The minimum Gasteiger partial charge on any atom is -0.370 e. The molecule has 3 nitrogen and oxygen atoms in total. The van der Waals surface area contributed by atoms with Gasteiger partial charge in [0.1, 0.15) is 0 Å². The standard InChI is InChI=1S/C11H20Cl3NO2/c1-3-4-5-6-7-9(16)15-10(17)11(13,14)8(2)12/h8,10,17H,3-7H2,1-2H3,(H,15,16). The monoisotopic (exact) mass is 303 g/mol. The van der Waals surface area contributed by atoms with Gasteiger partial charge in [0.15, 0.2) is 10.6 Å². The normalized spacial score (nSPS) is 15.4. The average molecular weight is 305 g/mol. The SMILES string of the molecule is CCCCCCC(=O)NC(O)C(Cl)(Cl)C(C)Cl. The first-order valence-corrected chi connectivity index (χ1v) is 7.00. The highest BCUT2D eigenvalue weighted by atomic mass is 35.5. The van der Waals surface area contributed by atoms with E-state index in [0.717, 1.165) is 25.7 Å². The van der Waals surface area contributed by atoms with Gasteiger partial charge in [0.05, 0.1) is 5.38 Å². The fourth-order valence-corrected chi connectivity index (χ4v) is 1.48. The summed E-state index contributed by atoms with van der Waals surface area (Å²) in [5.41, 5.74) is 0. The van der Waals surface area contributed by atoms with Gasteiger partial charge in [-0.05, 0) is 13.3 Å². The first-order chi connectivity index (χ1) is 7.82. The molecule has 0 heterocycles. The first kappa shape index (κ1) is 17.3. The Morgan fingerprint density at radius 3 is 2.41 bits per heavy atom. The highest BCUT2D eigenvalue weighted by Crippen LogP contribution is 2.31. The van der Waals surface area contributed by atoms with Crippen LogP contribution in [0.15, 0.2) is 0 Å². The van der Waals surface area contributed by atoms with Gasteiger partial charge in [-0.1, -0.05) is 49.4 Å². The van der Waals surface area contributed by atoms with E-state index in [1.807, 2.05) is 0 Å². The van der Waals surface area contributed by atoms with Crippen LogP contribution in [0, 0.1) is 0 Å². The number of hydrogen-bond donors (Lipinski definition) is 2. The largest absolute Gasteiger partial charge is 0.370 e. The lowest BCUT2D eigenvalue weighted by Gasteiger charge is -2.28. The average Bonchev–Trinajstić information content (AvgIpc) is 2.24. The Hall–Kier alpha value is 0.300. The van der Waals surface area contributed by atoms with E-state index in [0.29, 0.717) is 6.42 Å².